The quantitative estimate of drug-likeness (QED) is 0.358. The number of aromatic nitrogens is 2. The van der Waals surface area contributed by atoms with E-state index < -0.39 is 0 Å². The van der Waals surface area contributed by atoms with Crippen LogP contribution in [0.4, 0.5) is 28.7 Å². The van der Waals surface area contributed by atoms with E-state index in [1.807, 2.05) is 24.3 Å². The van der Waals surface area contributed by atoms with Crippen molar-refractivity contribution in [2.45, 2.75) is 31.4 Å². The minimum absolute atomic E-state index is 0.103. The average Bonchev–Trinajstić information content (AvgIpc) is 3.48. The fourth-order valence-electron chi connectivity index (χ4n) is 4.98. The van der Waals surface area contributed by atoms with Gasteiger partial charge < -0.3 is 25.4 Å². The van der Waals surface area contributed by atoms with Crippen LogP contribution in [0, 0.1) is 11.3 Å². The molecule has 0 bridgehead atoms. The molecule has 2 aromatic carbocycles. The number of ether oxygens (including phenoxy) is 1. The van der Waals surface area contributed by atoms with Gasteiger partial charge in [0.1, 0.15) is 17.9 Å². The Hall–Kier alpha value is -4.66. The molecule has 0 spiro atoms. The third-order valence-electron chi connectivity index (χ3n) is 7.01. The Labute approximate surface area is 232 Å². The molecule has 11 nitrogen and oxygen atoms in total. The minimum Gasteiger partial charge on any atom is -0.494 e. The van der Waals surface area contributed by atoms with Gasteiger partial charge in [0.05, 0.1) is 54.6 Å². The van der Waals surface area contributed by atoms with Crippen LogP contribution in [0.25, 0.3) is 0 Å². The summed E-state index contributed by atoms with van der Waals surface area (Å²) in [5.74, 6) is 1.28. The highest BCUT2D eigenvalue weighted by Gasteiger charge is 2.29. The summed E-state index contributed by atoms with van der Waals surface area (Å²) in [5, 5.41) is 27.2. The zero-order chi connectivity index (χ0) is 28.1. The highest BCUT2D eigenvalue weighted by molar-refractivity contribution is 6.02. The van der Waals surface area contributed by atoms with Gasteiger partial charge in [-0.3, -0.25) is 9.63 Å². The zero-order valence-corrected chi connectivity index (χ0v) is 22.2. The highest BCUT2D eigenvalue weighted by atomic mass is 16.7. The molecule has 1 amide bonds. The van der Waals surface area contributed by atoms with Gasteiger partial charge >= 0.3 is 0 Å². The number of benzene rings is 2. The molecule has 0 radical (unpaired) electrons. The molecule has 40 heavy (non-hydrogen) atoms. The van der Waals surface area contributed by atoms with Crippen LogP contribution in [-0.2, 0) is 9.63 Å². The van der Waals surface area contributed by atoms with Crippen molar-refractivity contribution in [1.29, 1.82) is 5.26 Å². The number of anilines is 5. The Kier molecular flexibility index (Phi) is 8.10. The molecule has 3 N–H and O–H groups in total. The minimum atomic E-state index is -0.337. The van der Waals surface area contributed by atoms with E-state index in [0.29, 0.717) is 66.9 Å². The molecule has 5 rings (SSSR count). The van der Waals surface area contributed by atoms with Crippen molar-refractivity contribution in [3.05, 3.63) is 72.6 Å². The number of nitriles is 1. The Morgan fingerprint density at radius 1 is 1.20 bits per heavy atom. The second-order valence-electron chi connectivity index (χ2n) is 9.57. The van der Waals surface area contributed by atoms with Crippen molar-refractivity contribution < 1.29 is 19.5 Å². The fraction of sp³-hybridized carbons (Fsp3) is 0.310. The maximum Gasteiger partial charge on any atom is 0.247 e. The predicted molar refractivity (Wildman–Crippen MR) is 152 cm³/mol. The van der Waals surface area contributed by atoms with E-state index in [-0.39, 0.29) is 18.1 Å². The predicted octanol–water partition coefficient (Wildman–Crippen LogP) is 4.07. The summed E-state index contributed by atoms with van der Waals surface area (Å²) in [5.41, 5.74) is 3.52. The summed E-state index contributed by atoms with van der Waals surface area (Å²) >= 11 is 0. The Bertz CT molecular complexity index is 1430. The first kappa shape index (κ1) is 26.9. The van der Waals surface area contributed by atoms with Crippen LogP contribution in [0.1, 0.15) is 36.4 Å². The normalized spacial score (nSPS) is 17.3. The number of carbonyl (C=O) groups excluding carboxylic acids is 1. The number of aliphatic hydroxyl groups is 1. The lowest BCUT2D eigenvalue weighted by atomic mass is 10.0. The van der Waals surface area contributed by atoms with E-state index in [1.54, 1.807) is 30.4 Å². The van der Waals surface area contributed by atoms with Gasteiger partial charge in [0, 0.05) is 31.6 Å². The molecular weight excluding hydrogens is 510 g/mol. The average molecular weight is 542 g/mol. The largest absolute Gasteiger partial charge is 0.494 e. The highest BCUT2D eigenvalue weighted by Crippen LogP contribution is 2.40. The maximum absolute atomic E-state index is 12.3. The van der Waals surface area contributed by atoms with E-state index >= 15 is 0 Å². The molecule has 3 heterocycles. The number of carbonyl (C=O) groups is 1. The van der Waals surface area contributed by atoms with Gasteiger partial charge in [0.2, 0.25) is 5.91 Å². The van der Waals surface area contributed by atoms with Gasteiger partial charge in [0.15, 0.2) is 5.82 Å². The lowest BCUT2D eigenvalue weighted by molar-refractivity contribution is -0.111. The Balaban J connectivity index is 1.44. The smallest absolute Gasteiger partial charge is 0.247 e. The third kappa shape index (κ3) is 5.83. The van der Waals surface area contributed by atoms with Gasteiger partial charge in [0.25, 0.3) is 0 Å². The molecule has 3 aromatic rings. The summed E-state index contributed by atoms with van der Waals surface area (Å²) in [6.07, 6.45) is 4.37. The number of nitrogens with zero attached hydrogens (tertiary/aromatic N) is 5. The van der Waals surface area contributed by atoms with Gasteiger partial charge in [-0.15, -0.1) is 0 Å². The monoisotopic (exact) mass is 541 g/mol. The number of amides is 1. The van der Waals surface area contributed by atoms with Gasteiger partial charge in [-0.25, -0.2) is 15.0 Å². The lowest BCUT2D eigenvalue weighted by Crippen LogP contribution is -2.36. The second kappa shape index (κ2) is 12.0. The Morgan fingerprint density at radius 3 is 2.77 bits per heavy atom. The molecule has 0 aliphatic carbocycles. The number of piperidine rings is 1. The maximum atomic E-state index is 12.3. The number of methoxy groups -OCH3 is 1. The van der Waals surface area contributed by atoms with Crippen molar-refractivity contribution in [3.8, 4) is 11.8 Å². The molecule has 2 aliphatic rings. The van der Waals surface area contributed by atoms with Crippen molar-refractivity contribution in [3.63, 3.8) is 0 Å². The Morgan fingerprint density at radius 2 is 2.02 bits per heavy atom. The summed E-state index contributed by atoms with van der Waals surface area (Å²) < 4.78 is 5.71. The molecule has 1 aromatic heterocycles. The second-order valence-corrected chi connectivity index (χ2v) is 9.57. The molecule has 1 unspecified atom stereocenters. The van der Waals surface area contributed by atoms with E-state index in [1.165, 1.54) is 12.4 Å². The summed E-state index contributed by atoms with van der Waals surface area (Å²) in [6, 6.07) is 15.0. The van der Waals surface area contributed by atoms with Crippen LogP contribution in [0.5, 0.6) is 5.75 Å². The van der Waals surface area contributed by atoms with Gasteiger partial charge in [-0.1, -0.05) is 18.7 Å². The fourth-order valence-corrected chi connectivity index (χ4v) is 4.98. The van der Waals surface area contributed by atoms with Crippen molar-refractivity contribution >= 4 is 34.6 Å². The molecule has 2 saturated heterocycles. The summed E-state index contributed by atoms with van der Waals surface area (Å²) in [6.45, 7) is 5.39. The van der Waals surface area contributed by atoms with Crippen LogP contribution >= 0.6 is 0 Å². The molecule has 2 fully saturated rings. The SMILES string of the molecule is C=CC(=O)Nc1cc(Nc2cc(N3OCCC3c3cccc(C#N)c3)ncn2)c(OC)cc1N1CCC(O)CC1. The molecule has 11 heteroatoms. The lowest BCUT2D eigenvalue weighted by Gasteiger charge is -2.33. The van der Waals surface area contributed by atoms with Crippen molar-refractivity contribution in [1.82, 2.24) is 9.97 Å². The molecule has 1 atom stereocenters. The van der Waals surface area contributed by atoms with Crippen LogP contribution < -0.4 is 25.3 Å². The van der Waals surface area contributed by atoms with Gasteiger partial charge in [-0.2, -0.15) is 5.26 Å². The standard InChI is InChI=1S/C29H31N7O4/c1-3-29(38)34-22-14-23(26(39-2)15-25(22)35-10-7-21(37)8-11-35)33-27-16-28(32-18-31-27)36-24(9-12-40-36)20-6-4-5-19(13-20)17-30/h3-6,13-16,18,21,24,37H,1,7-12H2,2H3,(H,34,38)(H,31,32,33). The van der Waals surface area contributed by atoms with E-state index in [0.717, 1.165) is 17.7 Å². The first-order valence-electron chi connectivity index (χ1n) is 13.1. The number of aliphatic hydroxyl groups excluding tert-OH is 1. The number of hydrogen-bond donors (Lipinski definition) is 3. The van der Waals surface area contributed by atoms with Crippen LogP contribution in [0.3, 0.4) is 0 Å². The summed E-state index contributed by atoms with van der Waals surface area (Å²) in [7, 11) is 1.58. The molecule has 2 aliphatic heterocycles. The van der Waals surface area contributed by atoms with E-state index in [9.17, 15) is 15.2 Å². The third-order valence-corrected chi connectivity index (χ3v) is 7.01. The topological polar surface area (TPSA) is 136 Å². The number of rotatable bonds is 8. The molecule has 206 valence electrons. The summed E-state index contributed by atoms with van der Waals surface area (Å²) in [4.78, 5) is 29.1. The van der Waals surface area contributed by atoms with Gasteiger partial charge in [-0.05, 0) is 42.7 Å². The van der Waals surface area contributed by atoms with E-state index in [2.05, 4.69) is 38.1 Å². The first-order valence-corrected chi connectivity index (χ1v) is 13.1. The van der Waals surface area contributed by atoms with Crippen LogP contribution in [0.2, 0.25) is 0 Å². The number of nitrogens with one attached hydrogen (secondary N) is 2. The van der Waals surface area contributed by atoms with Crippen LogP contribution in [-0.4, -0.2) is 53.9 Å². The molecular formula is C29H31N7O4. The zero-order valence-electron chi connectivity index (χ0n) is 22.2. The number of hydroxylamine groups is 1. The van der Waals surface area contributed by atoms with Crippen LogP contribution in [0.15, 0.2) is 61.4 Å². The molecule has 0 saturated carbocycles. The number of hydrogen-bond acceptors (Lipinski definition) is 10. The van der Waals surface area contributed by atoms with Crippen molar-refractivity contribution in [2.75, 3.05) is 47.4 Å². The van der Waals surface area contributed by atoms with E-state index in [4.69, 9.17) is 9.57 Å². The van der Waals surface area contributed by atoms with Crippen molar-refractivity contribution in [2.24, 2.45) is 0 Å². The first-order chi connectivity index (χ1) is 19.5.